The van der Waals surface area contributed by atoms with Gasteiger partial charge >= 0.3 is 0 Å². The molecule has 6 heteroatoms. The molecule has 0 radical (unpaired) electrons. The quantitative estimate of drug-likeness (QED) is 0.740. The summed E-state index contributed by atoms with van der Waals surface area (Å²) in [5.74, 6) is -0.361. The number of nitrogens with two attached hydrogens (primary N) is 1. The maximum Gasteiger partial charge on any atom is 0.243 e. The molecule has 0 atom stereocenters. The van der Waals surface area contributed by atoms with Crippen LogP contribution in [0.15, 0.2) is 24.5 Å². The fourth-order valence-corrected chi connectivity index (χ4v) is 2.98. The first kappa shape index (κ1) is 16.4. The topological polar surface area (TPSA) is 97.1 Å². The van der Waals surface area contributed by atoms with Crippen LogP contribution in [-0.2, 0) is 9.59 Å². The molecule has 2 rings (SSSR count). The fourth-order valence-electron chi connectivity index (χ4n) is 2.98. The van der Waals surface area contributed by atoms with Crippen molar-refractivity contribution < 1.29 is 9.59 Å². The molecule has 6 nitrogen and oxygen atoms in total. The zero-order valence-electron chi connectivity index (χ0n) is 12.8. The van der Waals surface area contributed by atoms with Gasteiger partial charge in [-0.3, -0.25) is 14.6 Å². The lowest BCUT2D eigenvalue weighted by atomic mass is 9.71. The molecule has 1 heterocycles. The molecular weight excluding hydrogens is 280 g/mol. The maximum atomic E-state index is 12.1. The second-order valence-electron chi connectivity index (χ2n) is 6.01. The third kappa shape index (κ3) is 4.80. The predicted molar refractivity (Wildman–Crippen MR) is 85.1 cm³/mol. The molecule has 0 aromatic carbocycles. The number of nitrogens with one attached hydrogen (secondary N) is 2. The number of nitrogens with zero attached hydrogens (tertiary/aromatic N) is 1. The number of rotatable bonds is 6. The molecule has 0 bridgehead atoms. The lowest BCUT2D eigenvalue weighted by Gasteiger charge is -2.35. The normalized spacial score (nSPS) is 16.8. The highest BCUT2D eigenvalue weighted by molar-refractivity contribution is 5.94. The Kier molecular flexibility index (Phi) is 5.89. The van der Waals surface area contributed by atoms with Gasteiger partial charge in [-0.1, -0.05) is 19.3 Å². The SMILES string of the molecule is NCC1(CC(=O)NCC(=O)Nc2cccnc2)CCCCC1. The highest BCUT2D eigenvalue weighted by Crippen LogP contribution is 2.38. The van der Waals surface area contributed by atoms with Gasteiger partial charge in [-0.15, -0.1) is 0 Å². The highest BCUT2D eigenvalue weighted by Gasteiger charge is 2.32. The summed E-state index contributed by atoms with van der Waals surface area (Å²) in [6, 6.07) is 3.49. The van der Waals surface area contributed by atoms with Crippen LogP contribution in [0.4, 0.5) is 5.69 Å². The number of carbonyl (C=O) groups excluding carboxylic acids is 2. The van der Waals surface area contributed by atoms with Crippen LogP contribution in [-0.4, -0.2) is 29.9 Å². The molecule has 0 unspecified atom stereocenters. The van der Waals surface area contributed by atoms with E-state index in [1.807, 2.05) is 0 Å². The molecule has 1 aliphatic carbocycles. The average molecular weight is 304 g/mol. The first-order valence-corrected chi connectivity index (χ1v) is 7.80. The highest BCUT2D eigenvalue weighted by atomic mass is 16.2. The summed E-state index contributed by atoms with van der Waals surface area (Å²) in [6.07, 6.45) is 9.08. The number of hydrogen-bond donors (Lipinski definition) is 3. The van der Waals surface area contributed by atoms with Gasteiger partial charge in [0.2, 0.25) is 11.8 Å². The summed E-state index contributed by atoms with van der Waals surface area (Å²) in [5, 5.41) is 5.37. The summed E-state index contributed by atoms with van der Waals surface area (Å²) in [6.45, 7) is 0.497. The maximum absolute atomic E-state index is 12.1. The summed E-state index contributed by atoms with van der Waals surface area (Å²) in [4.78, 5) is 27.8. The van der Waals surface area contributed by atoms with Crippen LogP contribution in [0, 0.1) is 5.41 Å². The van der Waals surface area contributed by atoms with E-state index in [0.29, 0.717) is 18.7 Å². The molecule has 0 saturated heterocycles. The minimum Gasteiger partial charge on any atom is -0.347 e. The van der Waals surface area contributed by atoms with Crippen molar-refractivity contribution in [2.75, 3.05) is 18.4 Å². The second kappa shape index (κ2) is 7.89. The van der Waals surface area contributed by atoms with Crippen molar-refractivity contribution in [3.63, 3.8) is 0 Å². The zero-order chi connectivity index (χ0) is 15.8. The average Bonchev–Trinajstić information content (AvgIpc) is 2.55. The molecule has 1 fully saturated rings. The molecule has 22 heavy (non-hydrogen) atoms. The van der Waals surface area contributed by atoms with E-state index in [1.54, 1.807) is 24.5 Å². The molecule has 0 aliphatic heterocycles. The van der Waals surface area contributed by atoms with E-state index in [4.69, 9.17) is 5.73 Å². The summed E-state index contributed by atoms with van der Waals surface area (Å²) >= 11 is 0. The summed E-state index contributed by atoms with van der Waals surface area (Å²) < 4.78 is 0. The lowest BCUT2D eigenvalue weighted by molar-refractivity contribution is -0.126. The van der Waals surface area contributed by atoms with Crippen LogP contribution in [0.1, 0.15) is 38.5 Å². The molecule has 1 aromatic heterocycles. The van der Waals surface area contributed by atoms with E-state index in [2.05, 4.69) is 15.6 Å². The zero-order valence-corrected chi connectivity index (χ0v) is 12.8. The fraction of sp³-hybridized carbons (Fsp3) is 0.562. The van der Waals surface area contributed by atoms with E-state index >= 15 is 0 Å². The van der Waals surface area contributed by atoms with E-state index in [1.165, 1.54) is 6.42 Å². The van der Waals surface area contributed by atoms with Crippen LogP contribution < -0.4 is 16.4 Å². The lowest BCUT2D eigenvalue weighted by Crippen LogP contribution is -2.40. The van der Waals surface area contributed by atoms with Crippen molar-refractivity contribution in [2.24, 2.45) is 11.1 Å². The van der Waals surface area contributed by atoms with E-state index < -0.39 is 0 Å². The van der Waals surface area contributed by atoms with Gasteiger partial charge in [0, 0.05) is 12.6 Å². The molecule has 1 aliphatic rings. The van der Waals surface area contributed by atoms with Gasteiger partial charge in [-0.05, 0) is 36.9 Å². The number of aromatic nitrogens is 1. The molecule has 0 spiro atoms. The number of pyridine rings is 1. The van der Waals surface area contributed by atoms with Crippen LogP contribution in [0.2, 0.25) is 0 Å². The third-order valence-electron chi connectivity index (χ3n) is 4.27. The monoisotopic (exact) mass is 304 g/mol. The molecule has 2 amide bonds. The van der Waals surface area contributed by atoms with Crippen LogP contribution >= 0.6 is 0 Å². The largest absolute Gasteiger partial charge is 0.347 e. The molecule has 120 valence electrons. The van der Waals surface area contributed by atoms with Crippen LogP contribution in [0.25, 0.3) is 0 Å². The summed E-state index contributed by atoms with van der Waals surface area (Å²) in [5.41, 5.74) is 6.42. The Morgan fingerprint density at radius 2 is 2.00 bits per heavy atom. The smallest absolute Gasteiger partial charge is 0.243 e. The van der Waals surface area contributed by atoms with Crippen molar-refractivity contribution in [1.82, 2.24) is 10.3 Å². The molecule has 1 aromatic rings. The van der Waals surface area contributed by atoms with E-state index in [9.17, 15) is 9.59 Å². The van der Waals surface area contributed by atoms with Gasteiger partial charge in [0.05, 0.1) is 18.4 Å². The standard InChI is InChI=1S/C16H24N4O2/c17-12-16(6-2-1-3-7-16)9-14(21)19-11-15(22)20-13-5-4-8-18-10-13/h4-5,8,10H,1-3,6-7,9,11-12,17H2,(H,19,21)(H,20,22). The Balaban J connectivity index is 1.76. The predicted octanol–water partition coefficient (Wildman–Crippen LogP) is 1.44. The molecular formula is C16H24N4O2. The Morgan fingerprint density at radius 1 is 1.23 bits per heavy atom. The Labute approximate surface area is 130 Å². The van der Waals surface area contributed by atoms with Crippen molar-refractivity contribution >= 4 is 17.5 Å². The Hall–Kier alpha value is -1.95. The Bertz CT molecular complexity index is 498. The first-order valence-electron chi connectivity index (χ1n) is 7.80. The van der Waals surface area contributed by atoms with Crippen molar-refractivity contribution in [2.45, 2.75) is 38.5 Å². The van der Waals surface area contributed by atoms with Crippen molar-refractivity contribution in [3.05, 3.63) is 24.5 Å². The van der Waals surface area contributed by atoms with Gasteiger partial charge in [0.25, 0.3) is 0 Å². The minimum atomic E-state index is -0.258. The van der Waals surface area contributed by atoms with Gasteiger partial charge in [-0.25, -0.2) is 0 Å². The van der Waals surface area contributed by atoms with Gasteiger partial charge in [-0.2, -0.15) is 0 Å². The van der Waals surface area contributed by atoms with Gasteiger partial charge < -0.3 is 16.4 Å². The number of anilines is 1. The van der Waals surface area contributed by atoms with Gasteiger partial charge in [0.15, 0.2) is 0 Å². The van der Waals surface area contributed by atoms with E-state index in [-0.39, 0.29) is 23.8 Å². The molecule has 1 saturated carbocycles. The van der Waals surface area contributed by atoms with Crippen LogP contribution in [0.3, 0.4) is 0 Å². The van der Waals surface area contributed by atoms with Crippen molar-refractivity contribution in [3.8, 4) is 0 Å². The summed E-state index contributed by atoms with van der Waals surface area (Å²) in [7, 11) is 0. The van der Waals surface area contributed by atoms with Crippen LogP contribution in [0.5, 0.6) is 0 Å². The minimum absolute atomic E-state index is 0.0334. The number of carbonyl (C=O) groups is 2. The van der Waals surface area contributed by atoms with E-state index in [0.717, 1.165) is 25.7 Å². The molecule has 4 N–H and O–H groups in total. The second-order valence-corrected chi connectivity index (χ2v) is 6.01. The number of amides is 2. The van der Waals surface area contributed by atoms with Crippen molar-refractivity contribution in [1.29, 1.82) is 0 Å². The third-order valence-corrected chi connectivity index (χ3v) is 4.27. The Morgan fingerprint density at radius 3 is 2.64 bits per heavy atom. The van der Waals surface area contributed by atoms with Gasteiger partial charge in [0.1, 0.15) is 0 Å². The number of hydrogen-bond acceptors (Lipinski definition) is 4. The first-order chi connectivity index (χ1) is 10.6.